The predicted octanol–water partition coefficient (Wildman–Crippen LogP) is 1.18. The first kappa shape index (κ1) is 8.02. The van der Waals surface area contributed by atoms with Gasteiger partial charge in [0.25, 0.3) is 0 Å². The van der Waals surface area contributed by atoms with Gasteiger partial charge in [-0.1, -0.05) is 6.92 Å². The van der Waals surface area contributed by atoms with Crippen molar-refractivity contribution in [2.45, 2.75) is 32.3 Å². The number of aliphatic hydroxyl groups is 1. The van der Waals surface area contributed by atoms with E-state index in [0.717, 1.165) is 13.0 Å². The lowest BCUT2D eigenvalue weighted by atomic mass is 10.0. The van der Waals surface area contributed by atoms with Crippen molar-refractivity contribution in [1.29, 1.82) is 0 Å². The number of hydrogen-bond donors (Lipinski definition) is 1. The first-order valence-electron chi connectivity index (χ1n) is 4.05. The first-order chi connectivity index (χ1) is 4.83. The average Bonchev–Trinajstić information content (AvgIpc) is 2.40. The lowest BCUT2D eigenvalue weighted by molar-refractivity contribution is 0.0804. The van der Waals surface area contributed by atoms with Crippen LogP contribution in [-0.2, 0) is 4.74 Å². The maximum absolute atomic E-state index is 8.74. The molecule has 2 heteroatoms. The summed E-state index contributed by atoms with van der Waals surface area (Å²) in [4.78, 5) is 0. The Morgan fingerprint density at radius 1 is 1.70 bits per heavy atom. The predicted molar refractivity (Wildman–Crippen MR) is 39.8 cm³/mol. The van der Waals surface area contributed by atoms with E-state index >= 15 is 0 Å². The highest BCUT2D eigenvalue weighted by atomic mass is 16.5. The van der Waals surface area contributed by atoms with Crippen molar-refractivity contribution >= 4 is 0 Å². The summed E-state index contributed by atoms with van der Waals surface area (Å²) in [7, 11) is 0. The minimum atomic E-state index is 0.292. The zero-order valence-electron chi connectivity index (χ0n) is 6.55. The second kappa shape index (κ2) is 3.94. The maximum Gasteiger partial charge on any atom is 0.0579 e. The molecule has 1 aliphatic heterocycles. The van der Waals surface area contributed by atoms with Gasteiger partial charge in [-0.15, -0.1) is 0 Å². The molecule has 2 nitrogen and oxygen atoms in total. The molecule has 0 saturated carbocycles. The zero-order chi connectivity index (χ0) is 7.40. The molecule has 0 radical (unpaired) electrons. The van der Waals surface area contributed by atoms with Gasteiger partial charge < -0.3 is 9.84 Å². The third-order valence-corrected chi connectivity index (χ3v) is 2.00. The van der Waals surface area contributed by atoms with Crippen molar-refractivity contribution in [2.24, 2.45) is 5.92 Å². The van der Waals surface area contributed by atoms with Crippen molar-refractivity contribution in [1.82, 2.24) is 0 Å². The van der Waals surface area contributed by atoms with Crippen LogP contribution in [0.25, 0.3) is 0 Å². The van der Waals surface area contributed by atoms with Crippen LogP contribution < -0.4 is 0 Å². The van der Waals surface area contributed by atoms with Crippen LogP contribution in [0.3, 0.4) is 0 Å². The number of hydrogen-bond acceptors (Lipinski definition) is 2. The van der Waals surface area contributed by atoms with Gasteiger partial charge in [-0.25, -0.2) is 0 Å². The van der Waals surface area contributed by atoms with Gasteiger partial charge in [-0.3, -0.25) is 0 Å². The summed E-state index contributed by atoms with van der Waals surface area (Å²) in [5.74, 6) is 0.406. The summed E-state index contributed by atoms with van der Waals surface area (Å²) in [6.45, 7) is 3.27. The number of rotatable bonds is 3. The van der Waals surface area contributed by atoms with E-state index in [0.29, 0.717) is 18.6 Å². The van der Waals surface area contributed by atoms with Gasteiger partial charge in [0.1, 0.15) is 0 Å². The second-order valence-electron chi connectivity index (χ2n) is 3.16. The van der Waals surface area contributed by atoms with Crippen LogP contribution in [-0.4, -0.2) is 24.4 Å². The minimum absolute atomic E-state index is 0.292. The lowest BCUT2D eigenvalue weighted by Crippen LogP contribution is -2.12. The SMILES string of the molecule is CC(CO)CC1CCCO1. The molecule has 2 unspecified atom stereocenters. The van der Waals surface area contributed by atoms with E-state index in [1.165, 1.54) is 12.8 Å². The van der Waals surface area contributed by atoms with Crippen molar-refractivity contribution in [2.75, 3.05) is 13.2 Å². The van der Waals surface area contributed by atoms with Crippen molar-refractivity contribution in [3.05, 3.63) is 0 Å². The standard InChI is InChI=1S/C8H16O2/c1-7(6-9)5-8-3-2-4-10-8/h7-9H,2-6H2,1H3. The molecular weight excluding hydrogens is 128 g/mol. The Kier molecular flexibility index (Phi) is 3.16. The fraction of sp³-hybridized carbons (Fsp3) is 1.00. The van der Waals surface area contributed by atoms with E-state index in [9.17, 15) is 0 Å². The van der Waals surface area contributed by atoms with Gasteiger partial charge in [0.05, 0.1) is 6.10 Å². The van der Waals surface area contributed by atoms with Crippen LogP contribution in [0.2, 0.25) is 0 Å². The molecule has 1 N–H and O–H groups in total. The Balaban J connectivity index is 2.11. The van der Waals surface area contributed by atoms with E-state index in [1.807, 2.05) is 0 Å². The van der Waals surface area contributed by atoms with Gasteiger partial charge >= 0.3 is 0 Å². The molecule has 0 aromatic carbocycles. The van der Waals surface area contributed by atoms with Crippen LogP contribution in [0.5, 0.6) is 0 Å². The molecule has 0 aromatic rings. The zero-order valence-corrected chi connectivity index (χ0v) is 6.55. The summed E-state index contributed by atoms with van der Waals surface area (Å²) in [5.41, 5.74) is 0. The van der Waals surface area contributed by atoms with Crippen LogP contribution in [0.1, 0.15) is 26.2 Å². The largest absolute Gasteiger partial charge is 0.396 e. The van der Waals surface area contributed by atoms with E-state index in [-0.39, 0.29) is 0 Å². The Morgan fingerprint density at radius 2 is 2.50 bits per heavy atom. The van der Waals surface area contributed by atoms with Crippen LogP contribution >= 0.6 is 0 Å². The highest BCUT2D eigenvalue weighted by molar-refractivity contribution is 4.67. The quantitative estimate of drug-likeness (QED) is 0.644. The Labute approximate surface area is 62.2 Å². The molecular formula is C8H16O2. The summed E-state index contributed by atoms with van der Waals surface area (Å²) >= 11 is 0. The Morgan fingerprint density at radius 3 is 3.00 bits per heavy atom. The van der Waals surface area contributed by atoms with E-state index in [4.69, 9.17) is 9.84 Å². The maximum atomic E-state index is 8.74. The minimum Gasteiger partial charge on any atom is -0.396 e. The van der Waals surface area contributed by atoms with Gasteiger partial charge in [0.15, 0.2) is 0 Å². The van der Waals surface area contributed by atoms with E-state index in [1.54, 1.807) is 0 Å². The fourth-order valence-electron chi connectivity index (χ4n) is 1.35. The summed E-state index contributed by atoms with van der Waals surface area (Å²) in [5, 5.41) is 8.74. The van der Waals surface area contributed by atoms with Crippen molar-refractivity contribution < 1.29 is 9.84 Å². The first-order valence-corrected chi connectivity index (χ1v) is 4.05. The van der Waals surface area contributed by atoms with Gasteiger partial charge in [-0.2, -0.15) is 0 Å². The molecule has 60 valence electrons. The van der Waals surface area contributed by atoms with E-state index in [2.05, 4.69) is 6.92 Å². The lowest BCUT2D eigenvalue weighted by Gasteiger charge is -2.12. The molecule has 1 aliphatic rings. The highest BCUT2D eigenvalue weighted by Crippen LogP contribution is 2.18. The van der Waals surface area contributed by atoms with Gasteiger partial charge in [0.2, 0.25) is 0 Å². The molecule has 0 spiro atoms. The van der Waals surface area contributed by atoms with Crippen molar-refractivity contribution in [3.8, 4) is 0 Å². The van der Waals surface area contributed by atoms with Crippen LogP contribution in [0, 0.1) is 5.92 Å². The van der Waals surface area contributed by atoms with Crippen molar-refractivity contribution in [3.63, 3.8) is 0 Å². The molecule has 0 amide bonds. The molecule has 1 saturated heterocycles. The molecule has 0 aliphatic carbocycles. The number of ether oxygens (including phenoxy) is 1. The molecule has 0 bridgehead atoms. The third kappa shape index (κ3) is 2.27. The summed E-state index contributed by atoms with van der Waals surface area (Å²) < 4.78 is 5.41. The molecule has 0 aromatic heterocycles. The second-order valence-corrected chi connectivity index (χ2v) is 3.16. The Bertz CT molecular complexity index is 87.3. The third-order valence-electron chi connectivity index (χ3n) is 2.00. The topological polar surface area (TPSA) is 29.5 Å². The summed E-state index contributed by atoms with van der Waals surface area (Å²) in [6.07, 6.45) is 3.84. The molecule has 1 heterocycles. The number of aliphatic hydroxyl groups excluding tert-OH is 1. The van der Waals surface area contributed by atoms with Gasteiger partial charge in [-0.05, 0) is 25.2 Å². The van der Waals surface area contributed by atoms with Crippen LogP contribution in [0.4, 0.5) is 0 Å². The van der Waals surface area contributed by atoms with Gasteiger partial charge in [0, 0.05) is 13.2 Å². The molecule has 1 rings (SSSR count). The summed E-state index contributed by atoms with van der Waals surface area (Å²) in [6, 6.07) is 0. The monoisotopic (exact) mass is 144 g/mol. The molecule has 2 atom stereocenters. The fourth-order valence-corrected chi connectivity index (χ4v) is 1.35. The highest BCUT2D eigenvalue weighted by Gasteiger charge is 2.17. The Hall–Kier alpha value is -0.0800. The average molecular weight is 144 g/mol. The molecule has 10 heavy (non-hydrogen) atoms. The van der Waals surface area contributed by atoms with E-state index < -0.39 is 0 Å². The normalized spacial score (nSPS) is 28.8. The smallest absolute Gasteiger partial charge is 0.0579 e. The van der Waals surface area contributed by atoms with Crippen LogP contribution in [0.15, 0.2) is 0 Å². The molecule has 1 fully saturated rings.